The molecule has 1 N–H and O–H groups in total. The molecule has 3 heteroatoms. The van der Waals surface area contributed by atoms with Gasteiger partial charge in [-0.05, 0) is 56.1 Å². The number of hydrogen-bond donors (Lipinski definition) is 1. The SMILES string of the molecule is CCCNCCCc1cc(F)ccc1F. The van der Waals surface area contributed by atoms with Crippen molar-refractivity contribution in [1.82, 2.24) is 5.32 Å². The first-order chi connectivity index (χ1) is 7.24. The van der Waals surface area contributed by atoms with Crippen LogP contribution < -0.4 is 5.32 Å². The Bertz CT molecular complexity index is 300. The van der Waals surface area contributed by atoms with Gasteiger partial charge in [-0.15, -0.1) is 0 Å². The van der Waals surface area contributed by atoms with E-state index >= 15 is 0 Å². The van der Waals surface area contributed by atoms with Gasteiger partial charge in [0.2, 0.25) is 0 Å². The highest BCUT2D eigenvalue weighted by Crippen LogP contribution is 2.11. The maximum atomic E-state index is 13.2. The maximum Gasteiger partial charge on any atom is 0.126 e. The van der Waals surface area contributed by atoms with Crippen molar-refractivity contribution >= 4 is 0 Å². The summed E-state index contributed by atoms with van der Waals surface area (Å²) in [4.78, 5) is 0. The van der Waals surface area contributed by atoms with Crippen molar-refractivity contribution in [2.24, 2.45) is 0 Å². The highest BCUT2D eigenvalue weighted by atomic mass is 19.1. The monoisotopic (exact) mass is 213 g/mol. The van der Waals surface area contributed by atoms with E-state index in [1.807, 2.05) is 0 Å². The van der Waals surface area contributed by atoms with Crippen molar-refractivity contribution in [3.63, 3.8) is 0 Å². The van der Waals surface area contributed by atoms with Crippen LogP contribution in [0.4, 0.5) is 8.78 Å². The molecule has 1 aromatic rings. The van der Waals surface area contributed by atoms with Crippen molar-refractivity contribution in [3.8, 4) is 0 Å². The van der Waals surface area contributed by atoms with E-state index in [4.69, 9.17) is 0 Å². The number of rotatable bonds is 6. The van der Waals surface area contributed by atoms with Crippen LogP contribution in [0.2, 0.25) is 0 Å². The van der Waals surface area contributed by atoms with Gasteiger partial charge in [0.15, 0.2) is 0 Å². The molecule has 0 aromatic heterocycles. The van der Waals surface area contributed by atoms with Crippen molar-refractivity contribution in [2.75, 3.05) is 13.1 Å². The third kappa shape index (κ3) is 4.38. The summed E-state index contributed by atoms with van der Waals surface area (Å²) in [7, 11) is 0. The van der Waals surface area contributed by atoms with E-state index in [1.54, 1.807) is 0 Å². The first kappa shape index (κ1) is 12.1. The van der Waals surface area contributed by atoms with Gasteiger partial charge in [0.25, 0.3) is 0 Å². The fourth-order valence-electron chi connectivity index (χ4n) is 1.44. The highest BCUT2D eigenvalue weighted by Gasteiger charge is 2.02. The zero-order valence-electron chi connectivity index (χ0n) is 9.02. The predicted octanol–water partition coefficient (Wildman–Crippen LogP) is 2.90. The second-order valence-corrected chi connectivity index (χ2v) is 3.59. The van der Waals surface area contributed by atoms with Crippen LogP contribution in [0.3, 0.4) is 0 Å². The average Bonchev–Trinajstić information content (AvgIpc) is 2.23. The third-order valence-corrected chi connectivity index (χ3v) is 2.23. The van der Waals surface area contributed by atoms with Crippen LogP contribution in [-0.2, 0) is 6.42 Å². The van der Waals surface area contributed by atoms with E-state index in [0.717, 1.165) is 32.0 Å². The molecule has 0 aliphatic heterocycles. The molecule has 1 nitrogen and oxygen atoms in total. The van der Waals surface area contributed by atoms with Crippen molar-refractivity contribution in [2.45, 2.75) is 26.2 Å². The van der Waals surface area contributed by atoms with Crippen LogP contribution in [-0.4, -0.2) is 13.1 Å². The van der Waals surface area contributed by atoms with E-state index in [1.165, 1.54) is 12.1 Å². The molecule has 0 radical (unpaired) electrons. The summed E-state index contributed by atoms with van der Waals surface area (Å²) in [6.45, 7) is 3.93. The molecule has 0 heterocycles. The second kappa shape index (κ2) is 6.51. The quantitative estimate of drug-likeness (QED) is 0.716. The summed E-state index contributed by atoms with van der Waals surface area (Å²) in [6, 6.07) is 3.60. The second-order valence-electron chi connectivity index (χ2n) is 3.59. The summed E-state index contributed by atoms with van der Waals surface area (Å²) in [6.07, 6.45) is 2.51. The van der Waals surface area contributed by atoms with E-state index in [9.17, 15) is 8.78 Å². The highest BCUT2D eigenvalue weighted by molar-refractivity contribution is 5.18. The summed E-state index contributed by atoms with van der Waals surface area (Å²) in [5.41, 5.74) is 0.466. The van der Waals surface area contributed by atoms with Crippen molar-refractivity contribution in [1.29, 1.82) is 0 Å². The molecule has 0 amide bonds. The van der Waals surface area contributed by atoms with E-state index < -0.39 is 0 Å². The standard InChI is InChI=1S/C12H17F2N/c1-2-7-15-8-3-4-10-9-11(13)5-6-12(10)14/h5-6,9,15H,2-4,7-8H2,1H3. The van der Waals surface area contributed by atoms with E-state index in [0.29, 0.717) is 12.0 Å². The molecule has 0 atom stereocenters. The molecule has 0 saturated carbocycles. The fourth-order valence-corrected chi connectivity index (χ4v) is 1.44. The summed E-state index contributed by atoms with van der Waals surface area (Å²) >= 11 is 0. The molecule has 84 valence electrons. The predicted molar refractivity (Wildman–Crippen MR) is 57.8 cm³/mol. The van der Waals surface area contributed by atoms with Gasteiger partial charge in [-0.1, -0.05) is 6.92 Å². The van der Waals surface area contributed by atoms with Gasteiger partial charge in [-0.3, -0.25) is 0 Å². The number of nitrogens with one attached hydrogen (secondary N) is 1. The molecule has 15 heavy (non-hydrogen) atoms. The van der Waals surface area contributed by atoms with Crippen LogP contribution in [0.5, 0.6) is 0 Å². The minimum Gasteiger partial charge on any atom is -0.317 e. The van der Waals surface area contributed by atoms with Gasteiger partial charge in [0.1, 0.15) is 11.6 Å². The molecule has 0 aliphatic carbocycles. The molecule has 0 saturated heterocycles. The molecule has 0 fully saturated rings. The molecular formula is C12H17F2N. The van der Waals surface area contributed by atoms with Crippen LogP contribution in [0.15, 0.2) is 18.2 Å². The molecule has 1 aromatic carbocycles. The molecule has 0 spiro atoms. The van der Waals surface area contributed by atoms with Gasteiger partial charge in [-0.2, -0.15) is 0 Å². The number of aryl methyl sites for hydroxylation is 1. The Morgan fingerprint density at radius 3 is 2.73 bits per heavy atom. The Morgan fingerprint density at radius 1 is 1.20 bits per heavy atom. The van der Waals surface area contributed by atoms with Gasteiger partial charge in [-0.25, -0.2) is 8.78 Å². The first-order valence-electron chi connectivity index (χ1n) is 5.38. The van der Waals surface area contributed by atoms with Crippen molar-refractivity contribution in [3.05, 3.63) is 35.4 Å². The first-order valence-corrected chi connectivity index (χ1v) is 5.38. The minimum absolute atomic E-state index is 0.313. The lowest BCUT2D eigenvalue weighted by Crippen LogP contribution is -2.16. The number of halogens is 2. The Balaban J connectivity index is 2.33. The van der Waals surface area contributed by atoms with Crippen LogP contribution in [0, 0.1) is 11.6 Å². The van der Waals surface area contributed by atoms with Gasteiger partial charge < -0.3 is 5.32 Å². The Hall–Kier alpha value is -0.960. The summed E-state index contributed by atoms with van der Waals surface area (Å²) < 4.78 is 26.0. The minimum atomic E-state index is -0.368. The maximum absolute atomic E-state index is 13.2. The molecule has 0 unspecified atom stereocenters. The smallest absolute Gasteiger partial charge is 0.126 e. The van der Waals surface area contributed by atoms with Crippen LogP contribution >= 0.6 is 0 Å². The zero-order chi connectivity index (χ0) is 11.1. The fraction of sp³-hybridized carbons (Fsp3) is 0.500. The third-order valence-electron chi connectivity index (χ3n) is 2.23. The van der Waals surface area contributed by atoms with Gasteiger partial charge >= 0.3 is 0 Å². The Kier molecular flexibility index (Phi) is 5.26. The lowest BCUT2D eigenvalue weighted by Gasteiger charge is -2.04. The summed E-state index contributed by atoms with van der Waals surface area (Å²) in [5, 5.41) is 3.22. The lowest BCUT2D eigenvalue weighted by molar-refractivity contribution is 0.573. The zero-order valence-corrected chi connectivity index (χ0v) is 9.02. The molecule has 1 rings (SSSR count). The van der Waals surface area contributed by atoms with Gasteiger partial charge in [0, 0.05) is 0 Å². The van der Waals surface area contributed by atoms with E-state index in [2.05, 4.69) is 12.2 Å². The van der Waals surface area contributed by atoms with Crippen molar-refractivity contribution < 1.29 is 8.78 Å². The number of benzene rings is 1. The Labute approximate surface area is 89.5 Å². The molecule has 0 bridgehead atoms. The topological polar surface area (TPSA) is 12.0 Å². The van der Waals surface area contributed by atoms with Crippen LogP contribution in [0.1, 0.15) is 25.3 Å². The van der Waals surface area contributed by atoms with Gasteiger partial charge in [0.05, 0.1) is 0 Å². The molecular weight excluding hydrogens is 196 g/mol. The lowest BCUT2D eigenvalue weighted by atomic mass is 10.1. The average molecular weight is 213 g/mol. The summed E-state index contributed by atoms with van der Waals surface area (Å²) in [5.74, 6) is -0.681. The van der Waals surface area contributed by atoms with Crippen LogP contribution in [0.25, 0.3) is 0 Å². The largest absolute Gasteiger partial charge is 0.317 e. The normalized spacial score (nSPS) is 10.6. The molecule has 0 aliphatic rings. The van der Waals surface area contributed by atoms with E-state index in [-0.39, 0.29) is 11.6 Å². The Morgan fingerprint density at radius 2 is 2.00 bits per heavy atom. The number of hydrogen-bond acceptors (Lipinski definition) is 1.